The first kappa shape index (κ1) is 13.5. The lowest BCUT2D eigenvalue weighted by Gasteiger charge is -2.20. The molecule has 0 aromatic heterocycles. The summed E-state index contributed by atoms with van der Waals surface area (Å²) in [6.07, 6.45) is 0. The van der Waals surface area contributed by atoms with E-state index in [9.17, 15) is 14.7 Å². The normalized spacial score (nSPS) is 23.3. The van der Waals surface area contributed by atoms with Gasteiger partial charge < -0.3 is 19.3 Å². The number of aliphatic hydroxyl groups is 1. The first-order valence-electron chi connectivity index (χ1n) is 5.38. The zero-order valence-corrected chi connectivity index (χ0v) is 10.1. The van der Waals surface area contributed by atoms with Crippen molar-refractivity contribution in [2.75, 3.05) is 19.8 Å². The summed E-state index contributed by atoms with van der Waals surface area (Å²) in [7, 11) is 0. The van der Waals surface area contributed by atoms with Gasteiger partial charge in [-0.2, -0.15) is 0 Å². The maximum Gasteiger partial charge on any atom is 0.346 e. The van der Waals surface area contributed by atoms with Crippen LogP contribution in [0.4, 0.5) is 0 Å². The minimum Gasteiger partial charge on any atom is -0.493 e. The van der Waals surface area contributed by atoms with Gasteiger partial charge in [0.25, 0.3) is 0 Å². The molecule has 0 aromatic rings. The molecule has 1 atom stereocenters. The van der Waals surface area contributed by atoms with Crippen LogP contribution in [0.15, 0.2) is 11.3 Å². The molecule has 96 valence electrons. The number of carbonyl (C=O) groups is 2. The number of rotatable bonds is 4. The van der Waals surface area contributed by atoms with E-state index >= 15 is 0 Å². The summed E-state index contributed by atoms with van der Waals surface area (Å²) in [5.41, 5.74) is -2.25. The molecule has 0 radical (unpaired) electrons. The number of carbonyl (C=O) groups excluding carboxylic acids is 2. The summed E-state index contributed by atoms with van der Waals surface area (Å²) in [6.45, 7) is 4.66. The van der Waals surface area contributed by atoms with Crippen LogP contribution >= 0.6 is 0 Å². The van der Waals surface area contributed by atoms with Crippen molar-refractivity contribution >= 4 is 11.9 Å². The van der Waals surface area contributed by atoms with Crippen LogP contribution in [-0.2, 0) is 23.8 Å². The van der Waals surface area contributed by atoms with Gasteiger partial charge in [-0.3, -0.25) is 0 Å². The van der Waals surface area contributed by atoms with Crippen molar-refractivity contribution in [3.63, 3.8) is 0 Å². The van der Waals surface area contributed by atoms with Gasteiger partial charge in [0.1, 0.15) is 17.9 Å². The maximum atomic E-state index is 11.7. The average molecular weight is 244 g/mol. The quantitative estimate of drug-likeness (QED) is 0.709. The lowest BCUT2D eigenvalue weighted by molar-refractivity contribution is -0.165. The fraction of sp³-hybridized carbons (Fsp3) is 0.636. The largest absolute Gasteiger partial charge is 0.493 e. The summed E-state index contributed by atoms with van der Waals surface area (Å²) >= 11 is 0. The van der Waals surface area contributed by atoms with Gasteiger partial charge >= 0.3 is 11.9 Å². The van der Waals surface area contributed by atoms with Crippen molar-refractivity contribution < 1.29 is 28.9 Å². The average Bonchev–Trinajstić information content (AvgIpc) is 2.57. The topological polar surface area (TPSA) is 82.1 Å². The first-order valence-corrected chi connectivity index (χ1v) is 5.38. The van der Waals surface area contributed by atoms with E-state index in [2.05, 4.69) is 0 Å². The van der Waals surface area contributed by atoms with E-state index in [0.29, 0.717) is 0 Å². The number of esters is 2. The second-order valence-corrected chi connectivity index (χ2v) is 3.52. The Morgan fingerprint density at radius 2 is 1.94 bits per heavy atom. The highest BCUT2D eigenvalue weighted by Gasteiger charge is 2.52. The molecule has 0 saturated heterocycles. The SMILES string of the molecule is CCOC(=O)C1=C(C)OCC1(O)C(=O)OCC. The Hall–Kier alpha value is -1.56. The number of hydrogen-bond acceptors (Lipinski definition) is 6. The fourth-order valence-corrected chi connectivity index (χ4v) is 1.58. The Kier molecular flexibility index (Phi) is 4.11. The Balaban J connectivity index is 3.01. The highest BCUT2D eigenvalue weighted by atomic mass is 16.6. The van der Waals surface area contributed by atoms with Crippen LogP contribution in [0.1, 0.15) is 20.8 Å². The van der Waals surface area contributed by atoms with Crippen LogP contribution in [0.5, 0.6) is 0 Å². The zero-order chi connectivity index (χ0) is 13.1. The Bertz CT molecular complexity index is 359. The van der Waals surface area contributed by atoms with Crippen LogP contribution in [0.2, 0.25) is 0 Å². The summed E-state index contributed by atoms with van der Waals surface area (Å²) < 4.78 is 14.5. The summed E-state index contributed by atoms with van der Waals surface area (Å²) in [4.78, 5) is 23.3. The number of allylic oxidation sites excluding steroid dienone is 1. The molecule has 0 spiro atoms. The van der Waals surface area contributed by atoms with Crippen molar-refractivity contribution in [2.45, 2.75) is 26.4 Å². The van der Waals surface area contributed by atoms with E-state index in [4.69, 9.17) is 14.2 Å². The molecule has 1 heterocycles. The standard InChI is InChI=1S/C11H16O6/c1-4-15-9(12)8-7(3)17-6-11(8,14)10(13)16-5-2/h14H,4-6H2,1-3H3. The molecule has 6 nitrogen and oxygen atoms in total. The van der Waals surface area contributed by atoms with Crippen LogP contribution in [0, 0.1) is 0 Å². The molecular formula is C11H16O6. The Labute approximate surface area is 99.2 Å². The molecule has 1 N–H and O–H groups in total. The molecule has 1 unspecified atom stereocenters. The zero-order valence-electron chi connectivity index (χ0n) is 10.1. The van der Waals surface area contributed by atoms with E-state index in [-0.39, 0.29) is 31.2 Å². The van der Waals surface area contributed by atoms with Crippen molar-refractivity contribution in [1.29, 1.82) is 0 Å². The fourth-order valence-electron chi connectivity index (χ4n) is 1.58. The van der Waals surface area contributed by atoms with Gasteiger partial charge in [0.05, 0.1) is 13.2 Å². The summed E-state index contributed by atoms with van der Waals surface area (Å²) in [5.74, 6) is -1.49. The van der Waals surface area contributed by atoms with Crippen molar-refractivity contribution in [3.05, 3.63) is 11.3 Å². The molecule has 0 fully saturated rings. The van der Waals surface area contributed by atoms with E-state index < -0.39 is 17.5 Å². The molecule has 0 amide bonds. The van der Waals surface area contributed by atoms with Crippen molar-refractivity contribution in [2.24, 2.45) is 0 Å². The van der Waals surface area contributed by atoms with Crippen LogP contribution < -0.4 is 0 Å². The van der Waals surface area contributed by atoms with Gasteiger partial charge in [-0.25, -0.2) is 9.59 Å². The molecule has 1 aliphatic heterocycles. The van der Waals surface area contributed by atoms with Gasteiger partial charge in [-0.05, 0) is 20.8 Å². The molecule has 0 aromatic carbocycles. The molecule has 0 saturated carbocycles. The Morgan fingerprint density at radius 3 is 2.47 bits per heavy atom. The smallest absolute Gasteiger partial charge is 0.346 e. The summed E-state index contributed by atoms with van der Waals surface area (Å²) in [6, 6.07) is 0. The first-order chi connectivity index (χ1) is 7.97. The van der Waals surface area contributed by atoms with Crippen molar-refractivity contribution in [1.82, 2.24) is 0 Å². The van der Waals surface area contributed by atoms with Gasteiger partial charge in [0, 0.05) is 0 Å². The highest BCUT2D eigenvalue weighted by molar-refractivity contribution is 6.01. The Morgan fingerprint density at radius 1 is 1.35 bits per heavy atom. The highest BCUT2D eigenvalue weighted by Crippen LogP contribution is 2.31. The van der Waals surface area contributed by atoms with Gasteiger partial charge in [-0.15, -0.1) is 0 Å². The predicted octanol–water partition coefficient (Wildman–Crippen LogP) is 0.148. The lowest BCUT2D eigenvalue weighted by atomic mass is 9.95. The van der Waals surface area contributed by atoms with E-state index in [1.807, 2.05) is 0 Å². The molecular weight excluding hydrogens is 228 g/mol. The molecule has 1 rings (SSSR count). The second kappa shape index (κ2) is 5.18. The summed E-state index contributed by atoms with van der Waals surface area (Å²) in [5, 5.41) is 10.2. The van der Waals surface area contributed by atoms with Gasteiger partial charge in [0.15, 0.2) is 0 Å². The minimum atomic E-state index is -2.06. The van der Waals surface area contributed by atoms with Gasteiger partial charge in [0.2, 0.25) is 5.60 Å². The molecule has 17 heavy (non-hydrogen) atoms. The minimum absolute atomic E-state index is 0.107. The number of hydrogen-bond donors (Lipinski definition) is 1. The van der Waals surface area contributed by atoms with Crippen LogP contribution in [0.3, 0.4) is 0 Å². The van der Waals surface area contributed by atoms with E-state index in [1.54, 1.807) is 13.8 Å². The second-order valence-electron chi connectivity index (χ2n) is 3.52. The van der Waals surface area contributed by atoms with Crippen molar-refractivity contribution in [3.8, 4) is 0 Å². The van der Waals surface area contributed by atoms with Crippen LogP contribution in [-0.4, -0.2) is 42.5 Å². The third-order valence-corrected chi connectivity index (χ3v) is 2.36. The third kappa shape index (κ3) is 2.41. The predicted molar refractivity (Wildman–Crippen MR) is 56.9 cm³/mol. The number of ether oxygens (including phenoxy) is 3. The van der Waals surface area contributed by atoms with Gasteiger partial charge in [-0.1, -0.05) is 0 Å². The molecule has 1 aliphatic rings. The maximum absolute atomic E-state index is 11.7. The third-order valence-electron chi connectivity index (χ3n) is 2.36. The van der Waals surface area contributed by atoms with E-state index in [0.717, 1.165) is 0 Å². The molecule has 6 heteroatoms. The lowest BCUT2D eigenvalue weighted by Crippen LogP contribution is -2.45. The molecule has 0 aliphatic carbocycles. The monoisotopic (exact) mass is 244 g/mol. The van der Waals surface area contributed by atoms with Crippen LogP contribution in [0.25, 0.3) is 0 Å². The molecule has 0 bridgehead atoms. The van der Waals surface area contributed by atoms with E-state index in [1.165, 1.54) is 6.92 Å².